The molecule has 0 aromatic heterocycles. The van der Waals surface area contributed by atoms with Gasteiger partial charge in [0.1, 0.15) is 18.1 Å². The summed E-state index contributed by atoms with van der Waals surface area (Å²) in [5.41, 5.74) is 0.200. The molecule has 0 aliphatic carbocycles. The van der Waals surface area contributed by atoms with Gasteiger partial charge in [-0.3, -0.25) is 0 Å². The van der Waals surface area contributed by atoms with Gasteiger partial charge in [0, 0.05) is 5.57 Å². The van der Waals surface area contributed by atoms with Gasteiger partial charge in [-0.1, -0.05) is 6.92 Å². The number of carboxylic acid groups (broad SMARTS) is 1. The summed E-state index contributed by atoms with van der Waals surface area (Å²) in [7, 11) is 0. The first-order valence-electron chi connectivity index (χ1n) is 5.83. The third kappa shape index (κ3) is 6.07. The van der Waals surface area contributed by atoms with Crippen molar-refractivity contribution in [3.63, 3.8) is 0 Å². The summed E-state index contributed by atoms with van der Waals surface area (Å²) in [5.74, 6) is -1.13. The van der Waals surface area contributed by atoms with E-state index in [1.165, 1.54) is 18.2 Å². The molecular formula is C13H12BrF3O4. The van der Waals surface area contributed by atoms with Crippen molar-refractivity contribution in [3.05, 3.63) is 34.3 Å². The molecule has 21 heavy (non-hydrogen) atoms. The number of hydrogen-bond acceptors (Lipinski definition) is 3. The van der Waals surface area contributed by atoms with Gasteiger partial charge in [-0.2, -0.15) is 0 Å². The molecule has 1 aromatic carbocycles. The molecule has 0 saturated heterocycles. The second kappa shape index (κ2) is 7.35. The van der Waals surface area contributed by atoms with Gasteiger partial charge in [0.15, 0.2) is 0 Å². The molecule has 0 radical (unpaired) electrons. The highest BCUT2D eigenvalue weighted by Crippen LogP contribution is 2.33. The second-order valence-electron chi connectivity index (χ2n) is 3.84. The minimum absolute atomic E-state index is 0.00138. The van der Waals surface area contributed by atoms with Crippen LogP contribution in [0.3, 0.4) is 0 Å². The van der Waals surface area contributed by atoms with E-state index in [4.69, 9.17) is 9.84 Å². The Bertz CT molecular complexity index is 541. The predicted octanol–water partition coefficient (Wildman–Crippen LogP) is 4.15. The summed E-state index contributed by atoms with van der Waals surface area (Å²) in [6.07, 6.45) is -3.03. The fraction of sp³-hybridized carbons (Fsp3) is 0.308. The molecule has 1 N–H and O–H groups in total. The highest BCUT2D eigenvalue weighted by molar-refractivity contribution is 9.10. The van der Waals surface area contributed by atoms with Crippen molar-refractivity contribution in [3.8, 4) is 11.5 Å². The monoisotopic (exact) mass is 368 g/mol. The van der Waals surface area contributed by atoms with Crippen LogP contribution in [-0.4, -0.2) is 24.0 Å². The Morgan fingerprint density at radius 1 is 1.43 bits per heavy atom. The highest BCUT2D eigenvalue weighted by Gasteiger charge is 2.31. The first kappa shape index (κ1) is 17.4. The number of ether oxygens (including phenoxy) is 2. The van der Waals surface area contributed by atoms with Gasteiger partial charge in [0.05, 0.1) is 4.47 Å². The third-order valence-corrected chi connectivity index (χ3v) is 2.98. The van der Waals surface area contributed by atoms with E-state index in [1.54, 1.807) is 6.92 Å². The highest BCUT2D eigenvalue weighted by atomic mass is 79.9. The van der Waals surface area contributed by atoms with Crippen LogP contribution in [0.1, 0.15) is 13.3 Å². The van der Waals surface area contributed by atoms with Crippen LogP contribution in [0.2, 0.25) is 0 Å². The maximum Gasteiger partial charge on any atom is 0.573 e. The minimum atomic E-state index is -4.77. The molecule has 0 unspecified atom stereocenters. The van der Waals surface area contributed by atoms with Gasteiger partial charge in [-0.15, -0.1) is 13.2 Å². The predicted molar refractivity (Wildman–Crippen MR) is 72.3 cm³/mol. The quantitative estimate of drug-likeness (QED) is 0.766. The summed E-state index contributed by atoms with van der Waals surface area (Å²) in [4.78, 5) is 10.8. The van der Waals surface area contributed by atoms with Gasteiger partial charge >= 0.3 is 12.3 Å². The number of benzene rings is 1. The molecule has 4 nitrogen and oxygen atoms in total. The van der Waals surface area contributed by atoms with E-state index >= 15 is 0 Å². The fourth-order valence-electron chi connectivity index (χ4n) is 1.40. The lowest BCUT2D eigenvalue weighted by Crippen LogP contribution is -2.17. The Balaban J connectivity index is 2.70. The summed E-state index contributed by atoms with van der Waals surface area (Å²) >= 11 is 2.94. The van der Waals surface area contributed by atoms with Crippen LogP contribution in [0.5, 0.6) is 11.5 Å². The van der Waals surface area contributed by atoms with E-state index in [0.29, 0.717) is 6.42 Å². The molecule has 1 aromatic rings. The van der Waals surface area contributed by atoms with Crippen LogP contribution in [0.25, 0.3) is 0 Å². The first-order valence-corrected chi connectivity index (χ1v) is 6.62. The van der Waals surface area contributed by atoms with Crippen molar-refractivity contribution in [1.29, 1.82) is 0 Å². The second-order valence-corrected chi connectivity index (χ2v) is 4.69. The summed E-state index contributed by atoms with van der Waals surface area (Å²) in [6, 6.07) is 3.71. The number of hydrogen-bond donors (Lipinski definition) is 1. The number of aliphatic carboxylic acids is 1. The molecule has 0 aliphatic rings. The average molecular weight is 369 g/mol. The summed E-state index contributed by atoms with van der Waals surface area (Å²) in [6.45, 7) is 1.70. The van der Waals surface area contributed by atoms with Crippen molar-refractivity contribution < 1.29 is 32.5 Å². The Kier molecular flexibility index (Phi) is 6.07. The normalized spacial score (nSPS) is 12.1. The Hall–Kier alpha value is -1.70. The van der Waals surface area contributed by atoms with Gasteiger partial charge in [-0.05, 0) is 46.6 Å². The average Bonchev–Trinajstić information content (AvgIpc) is 2.36. The molecule has 0 spiro atoms. The van der Waals surface area contributed by atoms with E-state index in [-0.39, 0.29) is 28.2 Å². The summed E-state index contributed by atoms with van der Waals surface area (Å²) in [5, 5.41) is 8.80. The molecule has 0 heterocycles. The van der Waals surface area contributed by atoms with Crippen molar-refractivity contribution in [2.75, 3.05) is 6.61 Å². The minimum Gasteiger partial charge on any atom is -0.489 e. The molecule has 0 amide bonds. The molecule has 0 atom stereocenters. The number of rotatable bonds is 6. The number of carboxylic acids is 1. The van der Waals surface area contributed by atoms with Gasteiger partial charge < -0.3 is 14.6 Å². The van der Waals surface area contributed by atoms with Crippen LogP contribution in [0.4, 0.5) is 13.2 Å². The maximum atomic E-state index is 12.1. The van der Waals surface area contributed by atoms with Crippen LogP contribution in [-0.2, 0) is 4.79 Å². The Morgan fingerprint density at radius 3 is 2.57 bits per heavy atom. The molecule has 0 fully saturated rings. The van der Waals surface area contributed by atoms with E-state index in [9.17, 15) is 18.0 Å². The first-order chi connectivity index (χ1) is 9.73. The van der Waals surface area contributed by atoms with Crippen molar-refractivity contribution in [1.82, 2.24) is 0 Å². The summed E-state index contributed by atoms with van der Waals surface area (Å²) < 4.78 is 45.4. The standard InChI is InChI=1S/C13H12BrF3O4/c1-2-8(12(18)19)5-6-20-9-3-4-11(10(14)7-9)21-13(15,16)17/h3-5,7H,2,6H2,1H3,(H,18,19)/b8-5-. The number of alkyl halides is 3. The van der Waals surface area contributed by atoms with Crippen molar-refractivity contribution in [2.45, 2.75) is 19.7 Å². The topological polar surface area (TPSA) is 55.8 Å². The van der Waals surface area contributed by atoms with Gasteiger partial charge in [0.25, 0.3) is 0 Å². The van der Waals surface area contributed by atoms with Crippen molar-refractivity contribution >= 4 is 21.9 Å². The van der Waals surface area contributed by atoms with Crippen LogP contribution < -0.4 is 9.47 Å². The van der Waals surface area contributed by atoms with Crippen LogP contribution in [0.15, 0.2) is 34.3 Å². The van der Waals surface area contributed by atoms with Crippen LogP contribution >= 0.6 is 15.9 Å². The van der Waals surface area contributed by atoms with Crippen LogP contribution in [0, 0.1) is 0 Å². The maximum absolute atomic E-state index is 12.1. The zero-order valence-corrected chi connectivity index (χ0v) is 12.5. The van der Waals surface area contributed by atoms with Gasteiger partial charge in [-0.25, -0.2) is 4.79 Å². The molecule has 8 heteroatoms. The van der Waals surface area contributed by atoms with Gasteiger partial charge in [0.2, 0.25) is 0 Å². The largest absolute Gasteiger partial charge is 0.573 e. The zero-order valence-electron chi connectivity index (χ0n) is 10.9. The lowest BCUT2D eigenvalue weighted by molar-refractivity contribution is -0.274. The Morgan fingerprint density at radius 2 is 2.10 bits per heavy atom. The van der Waals surface area contributed by atoms with E-state index in [0.717, 1.165) is 6.07 Å². The SMILES string of the molecule is CC/C(=C/COc1ccc(OC(F)(F)F)c(Br)c1)C(=O)O. The lowest BCUT2D eigenvalue weighted by atomic mass is 10.2. The molecule has 1 rings (SSSR count). The fourth-order valence-corrected chi connectivity index (χ4v) is 1.84. The number of carbonyl (C=O) groups is 1. The van der Waals surface area contributed by atoms with E-state index in [2.05, 4.69) is 20.7 Å². The van der Waals surface area contributed by atoms with E-state index in [1.807, 2.05) is 0 Å². The number of halogens is 4. The molecule has 0 bridgehead atoms. The Labute approximate surface area is 127 Å². The third-order valence-electron chi connectivity index (χ3n) is 2.36. The molecular weight excluding hydrogens is 357 g/mol. The molecule has 116 valence electrons. The smallest absolute Gasteiger partial charge is 0.489 e. The lowest BCUT2D eigenvalue weighted by Gasteiger charge is -2.11. The van der Waals surface area contributed by atoms with Crippen molar-refractivity contribution in [2.24, 2.45) is 0 Å². The molecule has 0 aliphatic heterocycles. The zero-order chi connectivity index (χ0) is 16.0. The molecule has 0 saturated carbocycles. The van der Waals surface area contributed by atoms with E-state index < -0.39 is 12.3 Å².